The van der Waals surface area contributed by atoms with Crippen molar-refractivity contribution in [1.29, 1.82) is 0 Å². The molecule has 2 aromatic carbocycles. The van der Waals surface area contributed by atoms with Gasteiger partial charge >= 0.3 is 12.1 Å². The fourth-order valence-corrected chi connectivity index (χ4v) is 9.75. The van der Waals surface area contributed by atoms with Gasteiger partial charge in [-0.25, -0.2) is 9.59 Å². The first-order chi connectivity index (χ1) is 30.0. The Balaban J connectivity index is 0.000000189. The molecule has 0 radical (unpaired) electrons. The van der Waals surface area contributed by atoms with Crippen LogP contribution >= 0.6 is 22.7 Å². The molecule has 6 heterocycles. The molecule has 0 aliphatic carbocycles. The van der Waals surface area contributed by atoms with Crippen molar-refractivity contribution in [1.82, 2.24) is 31.1 Å². The molecule has 2 saturated heterocycles. The number of amides is 10. The maximum atomic E-state index is 12.8. The molecule has 0 saturated carbocycles. The maximum Gasteiger partial charge on any atom is 0.319 e. The van der Waals surface area contributed by atoms with E-state index in [1.165, 1.54) is 32.5 Å². The van der Waals surface area contributed by atoms with Crippen LogP contribution in [0.15, 0.2) is 54.6 Å². The zero-order valence-corrected chi connectivity index (χ0v) is 37.0. The number of hydrogen-bond donors (Lipinski definition) is 6. The van der Waals surface area contributed by atoms with E-state index in [-0.39, 0.29) is 48.5 Å². The predicted molar refractivity (Wildman–Crippen MR) is 239 cm³/mol. The highest BCUT2D eigenvalue weighted by Crippen LogP contribution is 2.35. The van der Waals surface area contributed by atoms with Crippen molar-refractivity contribution in [3.8, 4) is 0 Å². The Morgan fingerprint density at radius 1 is 0.651 bits per heavy atom. The van der Waals surface area contributed by atoms with Gasteiger partial charge in [-0.3, -0.25) is 39.4 Å². The Bertz CT molecular complexity index is 2510. The van der Waals surface area contributed by atoms with Gasteiger partial charge in [-0.15, -0.1) is 22.7 Å². The lowest BCUT2D eigenvalue weighted by Crippen LogP contribution is -2.52. The second kappa shape index (κ2) is 18.7. The lowest BCUT2D eigenvalue weighted by atomic mass is 10.0. The van der Waals surface area contributed by atoms with Gasteiger partial charge in [-0.05, 0) is 85.0 Å². The minimum Gasteiger partial charge on any atom is -0.378 e. The number of nitrogens with zero attached hydrogens (tertiary/aromatic N) is 4. The molecule has 0 spiro atoms. The van der Waals surface area contributed by atoms with Crippen LogP contribution in [0.25, 0.3) is 0 Å². The van der Waals surface area contributed by atoms with Crippen molar-refractivity contribution in [2.24, 2.45) is 0 Å². The summed E-state index contributed by atoms with van der Waals surface area (Å²) in [5, 5.41) is 15.9. The smallest absolute Gasteiger partial charge is 0.319 e. The molecular formula is C43H48N10O8S2. The van der Waals surface area contributed by atoms with E-state index in [0.29, 0.717) is 60.1 Å². The molecule has 4 aromatic rings. The van der Waals surface area contributed by atoms with Crippen LogP contribution in [0.4, 0.5) is 32.3 Å². The van der Waals surface area contributed by atoms with Gasteiger partial charge in [0.05, 0.1) is 22.8 Å². The van der Waals surface area contributed by atoms with Crippen molar-refractivity contribution < 1.29 is 38.4 Å². The summed E-state index contributed by atoms with van der Waals surface area (Å²) < 4.78 is 0. The van der Waals surface area contributed by atoms with Crippen LogP contribution in [-0.4, -0.2) is 97.6 Å². The summed E-state index contributed by atoms with van der Waals surface area (Å²) in [6.07, 6.45) is 1.15. The molecule has 8 rings (SSSR count). The van der Waals surface area contributed by atoms with Crippen LogP contribution in [0.3, 0.4) is 0 Å². The molecule has 0 bridgehead atoms. The Morgan fingerprint density at radius 2 is 1.13 bits per heavy atom. The number of hydrogen-bond acceptors (Lipinski definition) is 12. The molecule has 6 N–H and O–H groups in total. The molecule has 10 amide bonds. The first-order valence-electron chi connectivity index (χ1n) is 20.2. The molecule has 4 aliphatic rings. The minimum atomic E-state index is -0.617. The number of carbonyl (C=O) groups is 8. The largest absolute Gasteiger partial charge is 0.378 e. The standard InChI is InChI=1S/C22H25N5O4S.C21H23N5O4S/c1-12-6-14(9-15(7-12)26(2)3)24-22(31)23-10-16-8-13-11-27(21(30)19(13)32-16)17-4-5-18(28)25-20(17)29;1-25(2)14-5-3-4-13(9-14)23-21(30)22-10-15-8-12-11-26(20(29)18(12)31-15)16-6-7-17(27)24-19(16)28/h6-9,17H,4-5,10-11H2,1-3H3,(H2,23,24,31)(H,25,28,29);3-5,8-9,16H,6-7,10-11H2,1-2H3,(H2,22,23,30)(H,24,27,28). The van der Waals surface area contributed by atoms with Crippen molar-refractivity contribution in [2.45, 2.75) is 70.9 Å². The Morgan fingerprint density at radius 3 is 1.59 bits per heavy atom. The van der Waals surface area contributed by atoms with Crippen molar-refractivity contribution in [3.63, 3.8) is 0 Å². The van der Waals surface area contributed by atoms with Crippen molar-refractivity contribution in [2.75, 3.05) is 48.6 Å². The number of piperidine rings is 2. The fraction of sp³-hybridized carbons (Fsp3) is 0.349. The van der Waals surface area contributed by atoms with Gasteiger partial charge in [0, 0.05) is 86.6 Å². The van der Waals surface area contributed by atoms with Gasteiger partial charge in [-0.1, -0.05) is 6.07 Å². The lowest BCUT2D eigenvalue weighted by molar-refractivity contribution is -0.138. The van der Waals surface area contributed by atoms with Gasteiger partial charge in [0.25, 0.3) is 11.8 Å². The fourth-order valence-electron chi connectivity index (χ4n) is 7.62. The predicted octanol–water partition coefficient (Wildman–Crippen LogP) is 4.10. The number of anilines is 4. The topological polar surface area (TPSA) is 222 Å². The Kier molecular flexibility index (Phi) is 13.1. The van der Waals surface area contributed by atoms with E-state index in [2.05, 4.69) is 31.9 Å². The molecular weight excluding hydrogens is 849 g/mol. The van der Waals surface area contributed by atoms with Crippen LogP contribution in [0.1, 0.15) is 71.5 Å². The minimum absolute atomic E-state index is 0.203. The van der Waals surface area contributed by atoms with Gasteiger partial charge in [0.1, 0.15) is 12.1 Å². The molecule has 2 atom stereocenters. The summed E-state index contributed by atoms with van der Waals surface area (Å²) >= 11 is 2.63. The molecule has 20 heteroatoms. The van der Waals surface area contributed by atoms with E-state index < -0.39 is 23.9 Å². The van der Waals surface area contributed by atoms with Crippen LogP contribution in [-0.2, 0) is 45.4 Å². The number of benzene rings is 2. The van der Waals surface area contributed by atoms with Gasteiger partial charge in [0.15, 0.2) is 0 Å². The molecule has 2 unspecified atom stereocenters. The van der Waals surface area contributed by atoms with E-state index in [9.17, 15) is 38.4 Å². The summed E-state index contributed by atoms with van der Waals surface area (Å²) in [4.78, 5) is 107. The van der Waals surface area contributed by atoms with E-state index in [1.807, 2.05) is 99.5 Å². The maximum absolute atomic E-state index is 12.8. The highest BCUT2D eigenvalue weighted by atomic mass is 32.1. The molecule has 63 heavy (non-hydrogen) atoms. The molecule has 2 aromatic heterocycles. The van der Waals surface area contributed by atoms with E-state index in [4.69, 9.17) is 0 Å². The van der Waals surface area contributed by atoms with Crippen LogP contribution in [0, 0.1) is 6.92 Å². The summed E-state index contributed by atoms with van der Waals surface area (Å²) in [5.41, 5.74) is 6.09. The Labute approximate surface area is 371 Å². The zero-order valence-electron chi connectivity index (χ0n) is 35.4. The highest BCUT2D eigenvalue weighted by molar-refractivity contribution is 7.14. The zero-order chi connectivity index (χ0) is 45.1. The number of imide groups is 2. The number of carbonyl (C=O) groups excluding carboxylic acids is 8. The first kappa shape index (κ1) is 44.3. The van der Waals surface area contributed by atoms with Gasteiger partial charge < -0.3 is 40.9 Å². The quantitative estimate of drug-likeness (QED) is 0.125. The summed E-state index contributed by atoms with van der Waals surface area (Å²) in [7, 11) is 7.74. The normalized spacial score (nSPS) is 17.9. The number of nitrogens with one attached hydrogen (secondary N) is 6. The summed E-state index contributed by atoms with van der Waals surface area (Å²) in [6, 6.07) is 15.2. The van der Waals surface area contributed by atoms with E-state index in [0.717, 1.165) is 37.8 Å². The van der Waals surface area contributed by atoms with Crippen LogP contribution in [0.5, 0.6) is 0 Å². The van der Waals surface area contributed by atoms with Crippen LogP contribution < -0.4 is 41.7 Å². The molecule has 2 fully saturated rings. The summed E-state index contributed by atoms with van der Waals surface area (Å²) in [6.45, 7) is 3.22. The van der Waals surface area contributed by atoms with Crippen molar-refractivity contribution >= 4 is 92.9 Å². The third-order valence-corrected chi connectivity index (χ3v) is 13.1. The number of urea groups is 2. The summed E-state index contributed by atoms with van der Waals surface area (Å²) in [5.74, 6) is -1.85. The first-order valence-corrected chi connectivity index (χ1v) is 21.8. The number of aryl methyl sites for hydroxylation is 1. The molecule has 4 aliphatic heterocycles. The van der Waals surface area contributed by atoms with E-state index >= 15 is 0 Å². The number of rotatable bonds is 10. The molecule has 330 valence electrons. The third kappa shape index (κ3) is 10.3. The molecule has 18 nitrogen and oxygen atoms in total. The highest BCUT2D eigenvalue weighted by Gasteiger charge is 2.41. The second-order valence-electron chi connectivity index (χ2n) is 15.9. The Hall–Kier alpha value is -6.80. The van der Waals surface area contributed by atoms with Gasteiger partial charge in [-0.2, -0.15) is 0 Å². The van der Waals surface area contributed by atoms with E-state index in [1.54, 1.807) is 0 Å². The lowest BCUT2D eigenvalue weighted by Gasteiger charge is -2.29. The van der Waals surface area contributed by atoms with Crippen molar-refractivity contribution in [3.05, 3.63) is 90.8 Å². The average molecular weight is 897 g/mol. The number of thiophene rings is 2. The number of fused-ring (bicyclic) bond motifs is 2. The SMILES string of the molecule is CN(C)c1cccc(NC(=O)NCc2cc3c(s2)C(=O)N(C2CCC(=O)NC2=O)C3)c1.Cc1cc(NC(=O)NCc2cc3c(s2)C(=O)N(C2CCC(=O)NC2=O)C3)cc(N(C)C)c1. The average Bonchev–Trinajstić information content (AvgIpc) is 3.98. The van der Waals surface area contributed by atoms with Crippen LogP contribution in [0.2, 0.25) is 0 Å². The monoisotopic (exact) mass is 896 g/mol. The second-order valence-corrected chi connectivity index (χ2v) is 18.2. The third-order valence-electron chi connectivity index (χ3n) is 10.8. The van der Waals surface area contributed by atoms with Gasteiger partial charge in [0.2, 0.25) is 23.6 Å².